The lowest BCUT2D eigenvalue weighted by Gasteiger charge is -2.09. The molecule has 106 valence electrons. The van der Waals surface area contributed by atoms with Crippen molar-refractivity contribution in [2.24, 2.45) is 0 Å². The molecular formula is C15H14FN5. The molecule has 0 aliphatic rings. The summed E-state index contributed by atoms with van der Waals surface area (Å²) in [6.07, 6.45) is 0. The van der Waals surface area contributed by atoms with E-state index in [1.165, 1.54) is 16.8 Å². The fraction of sp³-hybridized carbons (Fsp3) is 0.133. The molecule has 0 radical (unpaired) electrons. The number of rotatable bonds is 2. The van der Waals surface area contributed by atoms with Crippen LogP contribution in [-0.4, -0.2) is 20.2 Å². The molecule has 5 nitrogen and oxygen atoms in total. The second-order valence-electron chi connectivity index (χ2n) is 4.92. The summed E-state index contributed by atoms with van der Waals surface area (Å²) >= 11 is 0. The van der Waals surface area contributed by atoms with E-state index in [9.17, 15) is 4.39 Å². The topological polar surface area (TPSA) is 69.6 Å². The number of tetrazole rings is 1. The molecule has 1 heterocycles. The van der Waals surface area contributed by atoms with Crippen molar-refractivity contribution in [1.82, 2.24) is 20.2 Å². The number of anilines is 1. The first-order valence-corrected chi connectivity index (χ1v) is 6.47. The van der Waals surface area contributed by atoms with Gasteiger partial charge in [-0.15, -0.1) is 5.10 Å². The number of aryl methyl sites for hydroxylation is 1. The van der Waals surface area contributed by atoms with Crippen LogP contribution in [0.2, 0.25) is 0 Å². The molecule has 2 aromatic carbocycles. The third kappa shape index (κ3) is 2.35. The molecule has 3 rings (SSSR count). The Morgan fingerprint density at radius 3 is 2.71 bits per heavy atom. The molecule has 1 aromatic heterocycles. The van der Waals surface area contributed by atoms with Crippen LogP contribution >= 0.6 is 0 Å². The van der Waals surface area contributed by atoms with Crippen molar-refractivity contribution >= 4 is 5.69 Å². The molecule has 0 spiro atoms. The number of hydrogen-bond acceptors (Lipinski definition) is 4. The van der Waals surface area contributed by atoms with Crippen molar-refractivity contribution in [3.8, 4) is 17.1 Å². The summed E-state index contributed by atoms with van der Waals surface area (Å²) in [5.41, 5.74) is 9.68. The molecule has 0 fully saturated rings. The normalized spacial score (nSPS) is 10.8. The Morgan fingerprint density at radius 1 is 1.14 bits per heavy atom. The summed E-state index contributed by atoms with van der Waals surface area (Å²) < 4.78 is 15.1. The van der Waals surface area contributed by atoms with E-state index in [1.54, 1.807) is 0 Å². The molecule has 0 saturated carbocycles. The highest BCUT2D eigenvalue weighted by atomic mass is 19.1. The third-order valence-electron chi connectivity index (χ3n) is 3.36. The quantitative estimate of drug-likeness (QED) is 0.734. The van der Waals surface area contributed by atoms with Gasteiger partial charge in [-0.3, -0.25) is 0 Å². The van der Waals surface area contributed by atoms with Gasteiger partial charge >= 0.3 is 0 Å². The minimum Gasteiger partial charge on any atom is -0.398 e. The Kier molecular flexibility index (Phi) is 3.13. The zero-order valence-electron chi connectivity index (χ0n) is 11.7. The van der Waals surface area contributed by atoms with Crippen LogP contribution < -0.4 is 5.73 Å². The van der Waals surface area contributed by atoms with Gasteiger partial charge in [0.25, 0.3) is 0 Å². The van der Waals surface area contributed by atoms with E-state index in [-0.39, 0.29) is 5.82 Å². The highest BCUT2D eigenvalue weighted by Crippen LogP contribution is 2.26. The SMILES string of the molecule is Cc1cc(F)cc(-n2nnnc2-c2cccc(N)c2C)c1. The largest absolute Gasteiger partial charge is 0.398 e. The highest BCUT2D eigenvalue weighted by molar-refractivity contribution is 5.68. The standard InChI is InChI=1S/C15H14FN5/c1-9-6-11(16)8-12(7-9)21-15(18-19-20-21)13-4-3-5-14(17)10(13)2/h3-8H,17H2,1-2H3. The Labute approximate surface area is 121 Å². The van der Waals surface area contributed by atoms with Crippen LogP contribution in [0.3, 0.4) is 0 Å². The van der Waals surface area contributed by atoms with Crippen LogP contribution in [0.25, 0.3) is 17.1 Å². The van der Waals surface area contributed by atoms with Crippen LogP contribution in [0.15, 0.2) is 36.4 Å². The summed E-state index contributed by atoms with van der Waals surface area (Å²) in [7, 11) is 0. The maximum Gasteiger partial charge on any atom is 0.187 e. The van der Waals surface area contributed by atoms with E-state index >= 15 is 0 Å². The molecule has 0 bridgehead atoms. The fourth-order valence-electron chi connectivity index (χ4n) is 2.26. The summed E-state index contributed by atoms with van der Waals surface area (Å²) in [4.78, 5) is 0. The van der Waals surface area contributed by atoms with Gasteiger partial charge in [-0.1, -0.05) is 12.1 Å². The van der Waals surface area contributed by atoms with Gasteiger partial charge < -0.3 is 5.73 Å². The summed E-state index contributed by atoms with van der Waals surface area (Å²) in [6.45, 7) is 3.73. The van der Waals surface area contributed by atoms with Gasteiger partial charge in [-0.2, -0.15) is 4.68 Å². The maximum absolute atomic E-state index is 13.6. The van der Waals surface area contributed by atoms with Gasteiger partial charge in [-0.05, 0) is 59.7 Å². The second-order valence-corrected chi connectivity index (χ2v) is 4.92. The lowest BCUT2D eigenvalue weighted by molar-refractivity contribution is 0.623. The van der Waals surface area contributed by atoms with E-state index in [0.717, 1.165) is 16.7 Å². The molecule has 0 saturated heterocycles. The average molecular weight is 283 g/mol. The number of aromatic nitrogens is 4. The van der Waals surface area contributed by atoms with E-state index in [0.29, 0.717) is 17.2 Å². The van der Waals surface area contributed by atoms with E-state index in [1.807, 2.05) is 38.1 Å². The van der Waals surface area contributed by atoms with Gasteiger partial charge in [0.15, 0.2) is 5.82 Å². The second kappa shape index (κ2) is 4.97. The molecule has 0 aliphatic carbocycles. The monoisotopic (exact) mass is 283 g/mol. The smallest absolute Gasteiger partial charge is 0.187 e. The zero-order chi connectivity index (χ0) is 15.0. The van der Waals surface area contributed by atoms with Crippen LogP contribution in [0.1, 0.15) is 11.1 Å². The fourth-order valence-corrected chi connectivity index (χ4v) is 2.26. The number of halogens is 1. The number of hydrogen-bond donors (Lipinski definition) is 1. The first-order chi connectivity index (χ1) is 10.1. The number of nitrogens with zero attached hydrogens (tertiary/aromatic N) is 4. The summed E-state index contributed by atoms with van der Waals surface area (Å²) in [6, 6.07) is 10.2. The Balaban J connectivity index is 2.19. The van der Waals surface area contributed by atoms with Gasteiger partial charge in [0.1, 0.15) is 5.82 Å². The average Bonchev–Trinajstić information content (AvgIpc) is 2.90. The van der Waals surface area contributed by atoms with Crippen LogP contribution in [0, 0.1) is 19.7 Å². The van der Waals surface area contributed by atoms with Crippen LogP contribution in [0.4, 0.5) is 10.1 Å². The Morgan fingerprint density at radius 2 is 1.95 bits per heavy atom. The van der Waals surface area contributed by atoms with E-state index < -0.39 is 0 Å². The highest BCUT2D eigenvalue weighted by Gasteiger charge is 2.14. The first kappa shape index (κ1) is 13.2. The van der Waals surface area contributed by atoms with E-state index in [2.05, 4.69) is 15.5 Å². The van der Waals surface area contributed by atoms with Crippen LogP contribution in [0.5, 0.6) is 0 Å². The minimum atomic E-state index is -0.323. The molecule has 3 aromatic rings. The van der Waals surface area contributed by atoms with Crippen LogP contribution in [-0.2, 0) is 0 Å². The van der Waals surface area contributed by atoms with Gasteiger partial charge in [-0.25, -0.2) is 4.39 Å². The molecule has 2 N–H and O–H groups in total. The van der Waals surface area contributed by atoms with Crippen molar-refractivity contribution in [2.75, 3.05) is 5.73 Å². The van der Waals surface area contributed by atoms with Gasteiger partial charge in [0.05, 0.1) is 5.69 Å². The molecule has 0 amide bonds. The van der Waals surface area contributed by atoms with Gasteiger partial charge in [0, 0.05) is 11.3 Å². The molecule has 0 unspecified atom stereocenters. The van der Waals surface area contributed by atoms with E-state index in [4.69, 9.17) is 5.73 Å². The van der Waals surface area contributed by atoms with Crippen molar-refractivity contribution < 1.29 is 4.39 Å². The Bertz CT molecular complexity index is 789. The van der Waals surface area contributed by atoms with Crippen molar-refractivity contribution in [1.29, 1.82) is 0 Å². The molecule has 21 heavy (non-hydrogen) atoms. The summed E-state index contributed by atoms with van der Waals surface area (Å²) in [5.74, 6) is 0.209. The summed E-state index contributed by atoms with van der Waals surface area (Å²) in [5, 5.41) is 11.7. The van der Waals surface area contributed by atoms with Crippen molar-refractivity contribution in [3.63, 3.8) is 0 Å². The zero-order valence-corrected chi connectivity index (χ0v) is 11.7. The minimum absolute atomic E-state index is 0.323. The van der Waals surface area contributed by atoms with Crippen molar-refractivity contribution in [2.45, 2.75) is 13.8 Å². The third-order valence-corrected chi connectivity index (χ3v) is 3.36. The number of nitrogen functional groups attached to an aromatic ring is 1. The molecule has 0 atom stereocenters. The lowest BCUT2D eigenvalue weighted by Crippen LogP contribution is -2.03. The lowest BCUT2D eigenvalue weighted by atomic mass is 10.1. The van der Waals surface area contributed by atoms with Crippen molar-refractivity contribution in [3.05, 3.63) is 53.3 Å². The predicted octanol–water partition coefficient (Wildman–Crippen LogP) is 2.67. The predicted molar refractivity (Wildman–Crippen MR) is 78.4 cm³/mol. The first-order valence-electron chi connectivity index (χ1n) is 6.47. The Hall–Kier alpha value is -2.76. The molecule has 6 heteroatoms. The number of nitrogens with two attached hydrogens (primary N) is 1. The van der Waals surface area contributed by atoms with Gasteiger partial charge in [0.2, 0.25) is 0 Å². The number of benzene rings is 2. The molecular weight excluding hydrogens is 269 g/mol. The maximum atomic E-state index is 13.6. The molecule has 0 aliphatic heterocycles.